The SMILES string of the molecule is CCC/C=C\C/C=C\CCCCCCCC(=O)OC(COC(=O)CCCCCCC)COC(=O)CCCCCCCCCCCCCCCC. The highest BCUT2D eigenvalue weighted by Crippen LogP contribution is 2.14. The zero-order valence-corrected chi connectivity index (χ0v) is 33.2. The molecule has 0 radical (unpaired) electrons. The molecule has 0 aliphatic rings. The molecule has 292 valence electrons. The largest absolute Gasteiger partial charge is 0.462 e. The van der Waals surface area contributed by atoms with E-state index in [2.05, 4.69) is 45.1 Å². The second-order valence-electron chi connectivity index (χ2n) is 14.3. The predicted molar refractivity (Wildman–Crippen MR) is 210 cm³/mol. The molecule has 0 aromatic heterocycles. The number of unbranched alkanes of at least 4 members (excludes halogenated alkanes) is 23. The summed E-state index contributed by atoms with van der Waals surface area (Å²) >= 11 is 0. The van der Waals surface area contributed by atoms with E-state index < -0.39 is 6.10 Å². The molecular formula is C44H80O6. The predicted octanol–water partition coefficient (Wildman–Crippen LogP) is 13.2. The van der Waals surface area contributed by atoms with Crippen molar-refractivity contribution in [1.82, 2.24) is 0 Å². The molecule has 0 heterocycles. The van der Waals surface area contributed by atoms with Gasteiger partial charge in [-0.1, -0.05) is 180 Å². The van der Waals surface area contributed by atoms with E-state index in [1.165, 1.54) is 83.5 Å². The molecule has 6 heteroatoms. The van der Waals surface area contributed by atoms with Gasteiger partial charge < -0.3 is 14.2 Å². The Balaban J connectivity index is 4.25. The van der Waals surface area contributed by atoms with Crippen LogP contribution in [0, 0.1) is 0 Å². The van der Waals surface area contributed by atoms with Crippen molar-refractivity contribution in [3.63, 3.8) is 0 Å². The first-order valence-electron chi connectivity index (χ1n) is 21.3. The number of rotatable bonds is 38. The number of carbonyl (C=O) groups is 3. The summed E-state index contributed by atoms with van der Waals surface area (Å²) in [5.74, 6) is -0.901. The first kappa shape index (κ1) is 47.9. The molecule has 0 aromatic carbocycles. The number of hydrogen-bond acceptors (Lipinski definition) is 6. The maximum absolute atomic E-state index is 12.6. The first-order valence-corrected chi connectivity index (χ1v) is 21.3. The average Bonchev–Trinajstić information content (AvgIpc) is 3.11. The van der Waals surface area contributed by atoms with Gasteiger partial charge in [-0.3, -0.25) is 14.4 Å². The van der Waals surface area contributed by atoms with E-state index in [0.29, 0.717) is 19.3 Å². The van der Waals surface area contributed by atoms with Crippen molar-refractivity contribution in [3.05, 3.63) is 24.3 Å². The molecule has 1 unspecified atom stereocenters. The fourth-order valence-electron chi connectivity index (χ4n) is 5.95. The van der Waals surface area contributed by atoms with Crippen LogP contribution in [-0.4, -0.2) is 37.2 Å². The maximum atomic E-state index is 12.6. The van der Waals surface area contributed by atoms with E-state index in [1.54, 1.807) is 0 Å². The first-order chi connectivity index (χ1) is 24.5. The lowest BCUT2D eigenvalue weighted by Gasteiger charge is -2.18. The second-order valence-corrected chi connectivity index (χ2v) is 14.3. The summed E-state index contributed by atoms with van der Waals surface area (Å²) in [5, 5.41) is 0. The van der Waals surface area contributed by atoms with Crippen molar-refractivity contribution in [2.24, 2.45) is 0 Å². The highest BCUT2D eigenvalue weighted by atomic mass is 16.6. The van der Waals surface area contributed by atoms with E-state index in [9.17, 15) is 14.4 Å². The molecule has 50 heavy (non-hydrogen) atoms. The lowest BCUT2D eigenvalue weighted by Crippen LogP contribution is -2.30. The quantitative estimate of drug-likeness (QED) is 0.0275. The van der Waals surface area contributed by atoms with E-state index in [4.69, 9.17) is 14.2 Å². The molecule has 0 aliphatic carbocycles. The Morgan fingerprint density at radius 1 is 0.400 bits per heavy atom. The highest BCUT2D eigenvalue weighted by molar-refractivity contribution is 5.71. The lowest BCUT2D eigenvalue weighted by molar-refractivity contribution is -0.167. The minimum atomic E-state index is -0.768. The third-order valence-corrected chi connectivity index (χ3v) is 9.19. The summed E-state index contributed by atoms with van der Waals surface area (Å²) in [6, 6.07) is 0. The lowest BCUT2D eigenvalue weighted by atomic mass is 10.0. The Kier molecular flexibility index (Phi) is 38.0. The molecule has 0 saturated carbocycles. The summed E-state index contributed by atoms with van der Waals surface area (Å²) in [6.45, 7) is 6.47. The van der Waals surface area contributed by atoms with Gasteiger partial charge in [-0.05, 0) is 44.9 Å². The van der Waals surface area contributed by atoms with Crippen LogP contribution in [0.2, 0.25) is 0 Å². The third-order valence-electron chi connectivity index (χ3n) is 9.19. The molecule has 0 spiro atoms. The number of allylic oxidation sites excluding steroid dienone is 4. The Morgan fingerprint density at radius 3 is 1.18 bits per heavy atom. The third kappa shape index (κ3) is 37.2. The Labute approximate surface area is 309 Å². The number of hydrogen-bond donors (Lipinski definition) is 0. The standard InChI is InChI=1S/C44H80O6/c1-4-7-10-13-15-17-19-21-23-24-26-28-31-34-37-43(46)49-40-41(39-48-42(45)36-33-30-12-9-6-3)50-44(47)38-35-32-29-27-25-22-20-18-16-14-11-8-5-2/h11,14,18,20,41H,4-10,12-13,15-17,19,21-40H2,1-3H3/b14-11-,20-18-. The van der Waals surface area contributed by atoms with Crippen LogP contribution < -0.4 is 0 Å². The fourth-order valence-corrected chi connectivity index (χ4v) is 5.95. The zero-order valence-electron chi connectivity index (χ0n) is 33.2. The summed E-state index contributed by atoms with van der Waals surface area (Å²) in [5.41, 5.74) is 0. The number of ether oxygens (including phenoxy) is 3. The topological polar surface area (TPSA) is 78.9 Å². The van der Waals surface area contributed by atoms with Crippen LogP contribution in [-0.2, 0) is 28.6 Å². The van der Waals surface area contributed by atoms with E-state index in [-0.39, 0.29) is 31.1 Å². The van der Waals surface area contributed by atoms with Crippen molar-refractivity contribution in [2.75, 3.05) is 13.2 Å². The Morgan fingerprint density at radius 2 is 0.760 bits per heavy atom. The molecule has 0 aliphatic heterocycles. The molecule has 0 N–H and O–H groups in total. The number of carbonyl (C=O) groups excluding carboxylic acids is 3. The molecule has 0 amide bonds. The molecule has 0 fully saturated rings. The van der Waals surface area contributed by atoms with Crippen molar-refractivity contribution in [3.8, 4) is 0 Å². The molecule has 6 nitrogen and oxygen atoms in total. The fraction of sp³-hybridized carbons (Fsp3) is 0.841. The minimum absolute atomic E-state index is 0.0745. The smallest absolute Gasteiger partial charge is 0.306 e. The molecule has 0 aromatic rings. The van der Waals surface area contributed by atoms with Crippen LogP contribution in [0.5, 0.6) is 0 Å². The minimum Gasteiger partial charge on any atom is -0.462 e. The van der Waals surface area contributed by atoms with Gasteiger partial charge in [0.25, 0.3) is 0 Å². The van der Waals surface area contributed by atoms with Gasteiger partial charge >= 0.3 is 17.9 Å². The van der Waals surface area contributed by atoms with Crippen molar-refractivity contribution in [2.45, 2.75) is 226 Å². The van der Waals surface area contributed by atoms with Gasteiger partial charge in [-0.15, -0.1) is 0 Å². The van der Waals surface area contributed by atoms with Gasteiger partial charge in [0.05, 0.1) is 0 Å². The maximum Gasteiger partial charge on any atom is 0.306 e. The summed E-state index contributed by atoms with van der Waals surface area (Å²) in [7, 11) is 0. The summed E-state index contributed by atoms with van der Waals surface area (Å²) < 4.78 is 16.6. The van der Waals surface area contributed by atoms with Gasteiger partial charge in [0.1, 0.15) is 13.2 Å². The molecule has 0 bridgehead atoms. The van der Waals surface area contributed by atoms with E-state index in [0.717, 1.165) is 96.3 Å². The summed E-state index contributed by atoms with van der Waals surface area (Å²) in [6.07, 6.45) is 41.8. The van der Waals surface area contributed by atoms with Gasteiger partial charge in [0, 0.05) is 19.3 Å². The van der Waals surface area contributed by atoms with E-state index >= 15 is 0 Å². The molecule has 0 saturated heterocycles. The van der Waals surface area contributed by atoms with Crippen LogP contribution in [0.25, 0.3) is 0 Å². The highest BCUT2D eigenvalue weighted by Gasteiger charge is 2.19. The van der Waals surface area contributed by atoms with Crippen molar-refractivity contribution < 1.29 is 28.6 Å². The monoisotopic (exact) mass is 705 g/mol. The average molecular weight is 705 g/mol. The van der Waals surface area contributed by atoms with Crippen LogP contribution in [0.1, 0.15) is 220 Å². The van der Waals surface area contributed by atoms with Gasteiger partial charge in [-0.25, -0.2) is 0 Å². The van der Waals surface area contributed by atoms with Gasteiger partial charge in [-0.2, -0.15) is 0 Å². The molecule has 0 rings (SSSR count). The molecular weight excluding hydrogens is 624 g/mol. The molecule has 1 atom stereocenters. The van der Waals surface area contributed by atoms with Crippen LogP contribution >= 0.6 is 0 Å². The van der Waals surface area contributed by atoms with Crippen LogP contribution in [0.3, 0.4) is 0 Å². The zero-order chi connectivity index (χ0) is 36.6. The summed E-state index contributed by atoms with van der Waals surface area (Å²) in [4.78, 5) is 37.4. The van der Waals surface area contributed by atoms with Crippen molar-refractivity contribution >= 4 is 17.9 Å². The van der Waals surface area contributed by atoms with Gasteiger partial charge in [0.15, 0.2) is 6.10 Å². The van der Waals surface area contributed by atoms with Crippen molar-refractivity contribution in [1.29, 1.82) is 0 Å². The van der Waals surface area contributed by atoms with Gasteiger partial charge in [0.2, 0.25) is 0 Å². The second kappa shape index (κ2) is 39.7. The Bertz CT molecular complexity index is 819. The number of esters is 3. The Hall–Kier alpha value is -2.11. The van der Waals surface area contributed by atoms with E-state index in [1.807, 2.05) is 0 Å². The van der Waals surface area contributed by atoms with Crippen LogP contribution in [0.15, 0.2) is 24.3 Å². The van der Waals surface area contributed by atoms with Crippen LogP contribution in [0.4, 0.5) is 0 Å². The normalized spacial score (nSPS) is 12.1.